The van der Waals surface area contributed by atoms with E-state index < -0.39 is 6.61 Å². The lowest BCUT2D eigenvalue weighted by Gasteiger charge is -2.20. The number of nitrogens with one attached hydrogen (secondary N) is 1. The van der Waals surface area contributed by atoms with Gasteiger partial charge in [0.05, 0.1) is 19.3 Å². The average Bonchev–Trinajstić information content (AvgIpc) is 2.60. The number of halogens is 2. The molecule has 0 aliphatic heterocycles. The monoisotopic (exact) mass is 350 g/mol. The quantitative estimate of drug-likeness (QED) is 0.793. The molecule has 25 heavy (non-hydrogen) atoms. The Labute approximate surface area is 145 Å². The van der Waals surface area contributed by atoms with Gasteiger partial charge in [-0.25, -0.2) is 0 Å². The lowest BCUT2D eigenvalue weighted by atomic mass is 10.2. The lowest BCUT2D eigenvalue weighted by molar-refractivity contribution is -0.128. The number of rotatable bonds is 8. The lowest BCUT2D eigenvalue weighted by Crippen LogP contribution is -2.32. The van der Waals surface area contributed by atoms with Crippen LogP contribution in [0, 0.1) is 0 Å². The van der Waals surface area contributed by atoms with E-state index in [-0.39, 0.29) is 18.2 Å². The predicted octanol–water partition coefficient (Wildman–Crippen LogP) is 3.37. The minimum atomic E-state index is -2.92. The molecular formula is C18H20F2N2O3. The van der Waals surface area contributed by atoms with E-state index in [2.05, 4.69) is 10.1 Å². The summed E-state index contributed by atoms with van der Waals surface area (Å²) in [5, 5.41) is 2.83. The van der Waals surface area contributed by atoms with E-state index in [1.54, 1.807) is 32.4 Å². The zero-order valence-electron chi connectivity index (χ0n) is 14.0. The first-order chi connectivity index (χ1) is 12.0. The van der Waals surface area contributed by atoms with Crippen LogP contribution < -0.4 is 14.8 Å². The Hall–Kier alpha value is -2.83. The number of benzene rings is 2. The highest BCUT2D eigenvalue weighted by molar-refractivity contribution is 5.81. The van der Waals surface area contributed by atoms with Gasteiger partial charge in [-0.15, -0.1) is 0 Å². The fraction of sp³-hybridized carbons (Fsp3) is 0.278. The van der Waals surface area contributed by atoms with Gasteiger partial charge in [0, 0.05) is 19.2 Å². The summed E-state index contributed by atoms with van der Waals surface area (Å²) >= 11 is 0. The molecule has 0 atom stereocenters. The van der Waals surface area contributed by atoms with Crippen LogP contribution in [0.1, 0.15) is 5.56 Å². The molecule has 0 aliphatic rings. The van der Waals surface area contributed by atoms with Gasteiger partial charge in [-0.05, 0) is 18.2 Å². The normalized spacial score (nSPS) is 10.4. The second-order valence-electron chi connectivity index (χ2n) is 5.29. The third kappa shape index (κ3) is 5.34. The van der Waals surface area contributed by atoms with Crippen LogP contribution in [-0.2, 0) is 11.3 Å². The van der Waals surface area contributed by atoms with E-state index in [0.29, 0.717) is 18.0 Å². The standard InChI is InChI=1S/C18H20F2N2O3/c1-22(12-13-7-3-5-9-15(13)24-2)17(23)11-21-14-8-4-6-10-16(14)25-18(19)20/h3-10,18,21H,11-12H2,1-2H3. The SMILES string of the molecule is COc1ccccc1CN(C)C(=O)CNc1ccccc1OC(F)F. The van der Waals surface area contributed by atoms with Crippen molar-refractivity contribution in [2.45, 2.75) is 13.2 Å². The minimum absolute atomic E-state index is 0.00215. The molecule has 0 bridgehead atoms. The van der Waals surface area contributed by atoms with E-state index >= 15 is 0 Å². The number of carbonyl (C=O) groups excluding carboxylic acids is 1. The third-order valence-corrected chi connectivity index (χ3v) is 3.56. The second kappa shape index (κ2) is 8.86. The van der Waals surface area contributed by atoms with Gasteiger partial charge in [0.15, 0.2) is 0 Å². The molecule has 0 saturated carbocycles. The Bertz CT molecular complexity index is 710. The van der Waals surface area contributed by atoms with Crippen LogP contribution in [0.3, 0.4) is 0 Å². The van der Waals surface area contributed by atoms with Gasteiger partial charge in [0.1, 0.15) is 11.5 Å². The average molecular weight is 350 g/mol. The second-order valence-corrected chi connectivity index (χ2v) is 5.29. The van der Waals surface area contributed by atoms with Crippen LogP contribution in [0.25, 0.3) is 0 Å². The number of hydrogen-bond donors (Lipinski definition) is 1. The largest absolute Gasteiger partial charge is 0.496 e. The highest BCUT2D eigenvalue weighted by Crippen LogP contribution is 2.25. The summed E-state index contributed by atoms with van der Waals surface area (Å²) in [5.41, 5.74) is 1.21. The van der Waals surface area contributed by atoms with Gasteiger partial charge >= 0.3 is 6.61 Å². The molecule has 5 nitrogen and oxygen atoms in total. The summed E-state index contributed by atoms with van der Waals surface area (Å²) in [6.07, 6.45) is 0. The first-order valence-electron chi connectivity index (χ1n) is 7.65. The molecule has 7 heteroatoms. The smallest absolute Gasteiger partial charge is 0.387 e. The maximum atomic E-state index is 12.4. The fourth-order valence-electron chi connectivity index (χ4n) is 2.29. The van der Waals surface area contributed by atoms with Crippen LogP contribution in [0.4, 0.5) is 14.5 Å². The van der Waals surface area contributed by atoms with Crippen molar-refractivity contribution in [1.82, 2.24) is 4.90 Å². The number of likely N-dealkylation sites (N-methyl/N-ethyl adjacent to an activating group) is 1. The zero-order chi connectivity index (χ0) is 18.2. The van der Waals surface area contributed by atoms with Crippen molar-refractivity contribution < 1.29 is 23.0 Å². The van der Waals surface area contributed by atoms with Crippen LogP contribution in [0.2, 0.25) is 0 Å². The molecular weight excluding hydrogens is 330 g/mol. The number of carbonyl (C=O) groups is 1. The summed E-state index contributed by atoms with van der Waals surface area (Å²) in [6.45, 7) is -2.60. The molecule has 0 aromatic heterocycles. The van der Waals surface area contributed by atoms with E-state index in [1.807, 2.05) is 24.3 Å². The molecule has 0 spiro atoms. The van der Waals surface area contributed by atoms with Gasteiger partial charge in [-0.1, -0.05) is 30.3 Å². The number of nitrogens with zero attached hydrogens (tertiary/aromatic N) is 1. The van der Waals surface area contributed by atoms with E-state index in [9.17, 15) is 13.6 Å². The maximum absolute atomic E-state index is 12.4. The Morgan fingerprint density at radius 2 is 1.76 bits per heavy atom. The van der Waals surface area contributed by atoms with Crippen LogP contribution >= 0.6 is 0 Å². The first-order valence-corrected chi connectivity index (χ1v) is 7.65. The molecule has 0 radical (unpaired) electrons. The Kier molecular flexibility index (Phi) is 6.56. The summed E-state index contributed by atoms with van der Waals surface area (Å²) in [6, 6.07) is 13.7. The highest BCUT2D eigenvalue weighted by atomic mass is 19.3. The highest BCUT2D eigenvalue weighted by Gasteiger charge is 2.14. The molecule has 134 valence electrons. The van der Waals surface area contributed by atoms with Crippen LogP contribution in [-0.4, -0.2) is 38.1 Å². The van der Waals surface area contributed by atoms with Crippen molar-refractivity contribution in [3.63, 3.8) is 0 Å². The first kappa shape index (κ1) is 18.5. The number of alkyl halides is 2. The van der Waals surface area contributed by atoms with Crippen molar-refractivity contribution in [3.8, 4) is 11.5 Å². The third-order valence-electron chi connectivity index (χ3n) is 3.56. The number of amides is 1. The topological polar surface area (TPSA) is 50.8 Å². The minimum Gasteiger partial charge on any atom is -0.496 e. The molecule has 2 aromatic carbocycles. The predicted molar refractivity (Wildman–Crippen MR) is 91.0 cm³/mol. The van der Waals surface area contributed by atoms with Gasteiger partial charge in [0.2, 0.25) is 5.91 Å². The van der Waals surface area contributed by atoms with Gasteiger partial charge in [0.25, 0.3) is 0 Å². The molecule has 0 heterocycles. The number of hydrogen-bond acceptors (Lipinski definition) is 4. The van der Waals surface area contributed by atoms with Crippen molar-refractivity contribution in [2.75, 3.05) is 26.0 Å². The van der Waals surface area contributed by atoms with Crippen molar-refractivity contribution in [1.29, 1.82) is 0 Å². The zero-order valence-corrected chi connectivity index (χ0v) is 14.0. The summed E-state index contributed by atoms with van der Waals surface area (Å²) in [5.74, 6) is 0.501. The molecule has 2 aromatic rings. The molecule has 2 rings (SSSR count). The Balaban J connectivity index is 1.96. The summed E-state index contributed by atoms with van der Waals surface area (Å²) in [7, 11) is 3.24. The number of ether oxygens (including phenoxy) is 2. The van der Waals surface area contributed by atoms with Crippen LogP contribution in [0.5, 0.6) is 11.5 Å². The van der Waals surface area contributed by atoms with Crippen molar-refractivity contribution in [2.24, 2.45) is 0 Å². The Morgan fingerprint density at radius 3 is 2.44 bits per heavy atom. The van der Waals surface area contributed by atoms with Gasteiger partial charge < -0.3 is 19.7 Å². The van der Waals surface area contributed by atoms with E-state index in [1.165, 1.54) is 11.0 Å². The van der Waals surface area contributed by atoms with Crippen molar-refractivity contribution in [3.05, 3.63) is 54.1 Å². The van der Waals surface area contributed by atoms with Crippen LogP contribution in [0.15, 0.2) is 48.5 Å². The molecule has 0 aliphatic carbocycles. The number of methoxy groups -OCH3 is 1. The Morgan fingerprint density at radius 1 is 1.12 bits per heavy atom. The number of anilines is 1. The molecule has 0 fully saturated rings. The van der Waals surface area contributed by atoms with Crippen molar-refractivity contribution >= 4 is 11.6 Å². The number of para-hydroxylation sites is 3. The maximum Gasteiger partial charge on any atom is 0.387 e. The molecule has 0 unspecified atom stereocenters. The van der Waals surface area contributed by atoms with Gasteiger partial charge in [-0.3, -0.25) is 4.79 Å². The summed E-state index contributed by atoms with van der Waals surface area (Å²) < 4.78 is 34.5. The van der Waals surface area contributed by atoms with E-state index in [0.717, 1.165) is 5.56 Å². The molecule has 1 N–H and O–H groups in total. The van der Waals surface area contributed by atoms with E-state index in [4.69, 9.17) is 4.74 Å². The molecule has 1 amide bonds. The van der Waals surface area contributed by atoms with Gasteiger partial charge in [-0.2, -0.15) is 8.78 Å². The molecule has 0 saturated heterocycles. The summed E-state index contributed by atoms with van der Waals surface area (Å²) in [4.78, 5) is 13.8. The fourth-order valence-corrected chi connectivity index (χ4v) is 2.29.